The standard InChI is InChI=1S/C20H27ClN2O4S/c1-14-10-17(15(2)27-14)13-23-8-6-16(7-9-23)12-22-28(24,25)20-11-18(21)4-5-19(20)26-3/h4-5,10-11,16,22H,6-9,12-13H2,1-3H3. The molecule has 1 aliphatic rings. The highest BCUT2D eigenvalue weighted by molar-refractivity contribution is 7.89. The monoisotopic (exact) mass is 426 g/mol. The Hall–Kier alpha value is -1.54. The minimum Gasteiger partial charge on any atom is -0.495 e. The maximum Gasteiger partial charge on any atom is 0.244 e. The Morgan fingerprint density at radius 2 is 1.96 bits per heavy atom. The van der Waals surface area contributed by atoms with Gasteiger partial charge in [-0.1, -0.05) is 11.6 Å². The Kier molecular flexibility index (Phi) is 6.70. The minimum atomic E-state index is -3.68. The molecule has 0 aliphatic carbocycles. The topological polar surface area (TPSA) is 71.8 Å². The second-order valence-electron chi connectivity index (χ2n) is 7.31. The van der Waals surface area contributed by atoms with Gasteiger partial charge in [-0.2, -0.15) is 0 Å². The maximum absolute atomic E-state index is 12.7. The molecule has 1 aromatic heterocycles. The lowest BCUT2D eigenvalue weighted by atomic mass is 9.97. The number of rotatable bonds is 7. The molecule has 0 unspecified atom stereocenters. The summed E-state index contributed by atoms with van der Waals surface area (Å²) in [6.45, 7) is 7.13. The molecule has 2 aromatic rings. The van der Waals surface area contributed by atoms with Crippen LogP contribution < -0.4 is 9.46 Å². The van der Waals surface area contributed by atoms with E-state index in [0.29, 0.717) is 17.5 Å². The van der Waals surface area contributed by atoms with Gasteiger partial charge in [-0.05, 0) is 70.0 Å². The first kappa shape index (κ1) is 21.2. The number of furan rings is 1. The maximum atomic E-state index is 12.7. The molecule has 1 aliphatic heterocycles. The van der Waals surface area contributed by atoms with Crippen LogP contribution in [0.5, 0.6) is 5.75 Å². The van der Waals surface area contributed by atoms with E-state index in [4.69, 9.17) is 20.8 Å². The summed E-state index contributed by atoms with van der Waals surface area (Å²) < 4.78 is 38.9. The first-order valence-corrected chi connectivity index (χ1v) is 11.3. The van der Waals surface area contributed by atoms with Crippen molar-refractivity contribution >= 4 is 21.6 Å². The Labute approximate surface area is 171 Å². The lowest BCUT2D eigenvalue weighted by molar-refractivity contribution is 0.178. The van der Waals surface area contributed by atoms with Crippen LogP contribution in [-0.2, 0) is 16.6 Å². The Balaban J connectivity index is 1.54. The molecule has 1 saturated heterocycles. The number of hydrogen-bond acceptors (Lipinski definition) is 5. The first-order valence-electron chi connectivity index (χ1n) is 9.40. The van der Waals surface area contributed by atoms with Gasteiger partial charge in [0, 0.05) is 23.7 Å². The predicted octanol–water partition coefficient (Wildman–Crippen LogP) is 3.75. The molecule has 0 radical (unpaired) electrons. The molecule has 28 heavy (non-hydrogen) atoms. The molecule has 8 heteroatoms. The lowest BCUT2D eigenvalue weighted by Crippen LogP contribution is -2.38. The Bertz CT molecular complexity index is 918. The quantitative estimate of drug-likeness (QED) is 0.730. The van der Waals surface area contributed by atoms with Gasteiger partial charge in [-0.15, -0.1) is 0 Å². The van der Waals surface area contributed by atoms with E-state index in [1.807, 2.05) is 13.8 Å². The second kappa shape index (κ2) is 8.86. The number of likely N-dealkylation sites (tertiary alicyclic amines) is 1. The van der Waals surface area contributed by atoms with Crippen LogP contribution in [0.2, 0.25) is 5.02 Å². The summed E-state index contributed by atoms with van der Waals surface area (Å²) in [5.41, 5.74) is 1.23. The summed E-state index contributed by atoms with van der Waals surface area (Å²) in [5.74, 6) is 2.51. The summed E-state index contributed by atoms with van der Waals surface area (Å²) in [5, 5.41) is 0.360. The van der Waals surface area contributed by atoms with Crippen molar-refractivity contribution in [3.8, 4) is 5.75 Å². The van der Waals surface area contributed by atoms with E-state index in [0.717, 1.165) is 44.0 Å². The Morgan fingerprint density at radius 1 is 1.25 bits per heavy atom. The third-order valence-corrected chi connectivity index (χ3v) is 6.90. The molecule has 0 saturated carbocycles. The van der Waals surface area contributed by atoms with E-state index >= 15 is 0 Å². The van der Waals surface area contributed by atoms with Crippen LogP contribution in [0.25, 0.3) is 0 Å². The zero-order valence-corrected chi connectivity index (χ0v) is 18.1. The summed E-state index contributed by atoms with van der Waals surface area (Å²) in [6, 6.07) is 6.68. The fourth-order valence-corrected chi connectivity index (χ4v) is 5.14. The van der Waals surface area contributed by atoms with Crippen LogP contribution in [-0.4, -0.2) is 40.1 Å². The van der Waals surface area contributed by atoms with Gasteiger partial charge in [-0.3, -0.25) is 4.90 Å². The highest BCUT2D eigenvalue weighted by atomic mass is 35.5. The SMILES string of the molecule is COc1ccc(Cl)cc1S(=O)(=O)NCC1CCN(Cc2cc(C)oc2C)CC1. The van der Waals surface area contributed by atoms with Crippen LogP contribution in [0, 0.1) is 19.8 Å². The number of nitrogens with zero attached hydrogens (tertiary/aromatic N) is 1. The zero-order chi connectivity index (χ0) is 20.3. The molecule has 0 amide bonds. The minimum absolute atomic E-state index is 0.0748. The van der Waals surface area contributed by atoms with E-state index in [2.05, 4.69) is 15.7 Å². The summed E-state index contributed by atoms with van der Waals surface area (Å²) in [7, 11) is -2.23. The molecule has 2 heterocycles. The molecule has 6 nitrogen and oxygen atoms in total. The van der Waals surface area contributed by atoms with Gasteiger partial charge in [0.05, 0.1) is 7.11 Å². The smallest absolute Gasteiger partial charge is 0.244 e. The number of halogens is 1. The van der Waals surface area contributed by atoms with Crippen LogP contribution in [0.4, 0.5) is 0 Å². The number of hydrogen-bond donors (Lipinski definition) is 1. The fourth-order valence-electron chi connectivity index (χ4n) is 3.60. The van der Waals surface area contributed by atoms with Gasteiger partial charge in [0.15, 0.2) is 0 Å². The molecule has 154 valence electrons. The first-order chi connectivity index (χ1) is 13.3. The highest BCUT2D eigenvalue weighted by Crippen LogP contribution is 2.27. The molecule has 3 rings (SSSR count). The van der Waals surface area contributed by atoms with E-state index in [1.54, 1.807) is 12.1 Å². The summed E-state index contributed by atoms with van der Waals surface area (Å²) in [6.07, 6.45) is 1.90. The molecule has 1 N–H and O–H groups in total. The van der Waals surface area contributed by atoms with E-state index < -0.39 is 10.0 Å². The highest BCUT2D eigenvalue weighted by Gasteiger charge is 2.24. The third-order valence-electron chi connectivity index (χ3n) is 5.22. The van der Waals surface area contributed by atoms with Gasteiger partial charge in [0.25, 0.3) is 0 Å². The molecule has 0 spiro atoms. The van der Waals surface area contributed by atoms with Gasteiger partial charge < -0.3 is 9.15 Å². The third kappa shape index (κ3) is 5.08. The fraction of sp³-hybridized carbons (Fsp3) is 0.500. The molecule has 1 aromatic carbocycles. The van der Waals surface area contributed by atoms with E-state index in [9.17, 15) is 8.42 Å². The number of sulfonamides is 1. The number of nitrogens with one attached hydrogen (secondary N) is 1. The number of aryl methyl sites for hydroxylation is 2. The van der Waals surface area contributed by atoms with Crippen molar-refractivity contribution in [2.45, 2.75) is 38.1 Å². The lowest BCUT2D eigenvalue weighted by Gasteiger charge is -2.31. The van der Waals surface area contributed by atoms with Gasteiger partial charge >= 0.3 is 0 Å². The number of ether oxygens (including phenoxy) is 1. The second-order valence-corrected chi connectivity index (χ2v) is 9.48. The van der Waals surface area contributed by atoms with E-state index in [1.165, 1.54) is 18.7 Å². The number of methoxy groups -OCH3 is 1. The van der Waals surface area contributed by atoms with Crippen molar-refractivity contribution < 1.29 is 17.6 Å². The number of piperidine rings is 1. The molecule has 0 atom stereocenters. The van der Waals surface area contributed by atoms with Crippen molar-refractivity contribution in [2.24, 2.45) is 5.92 Å². The average Bonchev–Trinajstić information content (AvgIpc) is 2.98. The largest absolute Gasteiger partial charge is 0.495 e. The Morgan fingerprint density at radius 3 is 2.57 bits per heavy atom. The van der Waals surface area contributed by atoms with E-state index in [-0.39, 0.29) is 10.6 Å². The van der Waals surface area contributed by atoms with Crippen molar-refractivity contribution in [1.82, 2.24) is 9.62 Å². The van der Waals surface area contributed by atoms with Crippen molar-refractivity contribution in [2.75, 3.05) is 26.7 Å². The molecular formula is C20H27ClN2O4S. The number of benzene rings is 1. The van der Waals surface area contributed by atoms with Crippen molar-refractivity contribution in [1.29, 1.82) is 0 Å². The van der Waals surface area contributed by atoms with Crippen LogP contribution in [0.1, 0.15) is 29.9 Å². The summed E-state index contributed by atoms with van der Waals surface area (Å²) in [4.78, 5) is 2.47. The normalized spacial score (nSPS) is 16.4. The van der Waals surface area contributed by atoms with Gasteiger partial charge in [0.1, 0.15) is 22.2 Å². The summed E-state index contributed by atoms with van der Waals surface area (Å²) >= 11 is 5.96. The van der Waals surface area contributed by atoms with Gasteiger partial charge in [-0.25, -0.2) is 13.1 Å². The van der Waals surface area contributed by atoms with Crippen LogP contribution >= 0.6 is 11.6 Å². The van der Waals surface area contributed by atoms with Gasteiger partial charge in [0.2, 0.25) is 10.0 Å². The molecular weight excluding hydrogens is 400 g/mol. The molecule has 0 bridgehead atoms. The average molecular weight is 427 g/mol. The zero-order valence-electron chi connectivity index (χ0n) is 16.5. The van der Waals surface area contributed by atoms with Crippen LogP contribution in [0.15, 0.2) is 33.6 Å². The van der Waals surface area contributed by atoms with Crippen molar-refractivity contribution in [3.63, 3.8) is 0 Å². The predicted molar refractivity (Wildman–Crippen MR) is 109 cm³/mol. The van der Waals surface area contributed by atoms with Crippen LogP contribution in [0.3, 0.4) is 0 Å². The van der Waals surface area contributed by atoms with Crippen molar-refractivity contribution in [3.05, 3.63) is 46.4 Å². The molecule has 1 fully saturated rings.